The van der Waals surface area contributed by atoms with E-state index in [0.29, 0.717) is 5.56 Å². The molecule has 58 heavy (non-hydrogen) atoms. The van der Waals surface area contributed by atoms with Crippen LogP contribution in [0.4, 0.5) is 0 Å². The molecule has 0 aromatic heterocycles. The van der Waals surface area contributed by atoms with Gasteiger partial charge in [0.1, 0.15) is 42.6 Å². The molecule has 0 saturated carbocycles. The summed E-state index contributed by atoms with van der Waals surface area (Å²) in [5, 5.41) is 42.1. The Hall–Kier alpha value is -5.29. The number of allylic oxidation sites excluding steroid dienone is 1. The number of cyclic esters (lactones) is 1. The van der Waals surface area contributed by atoms with E-state index in [1.165, 1.54) is 30.2 Å². The summed E-state index contributed by atoms with van der Waals surface area (Å²) in [5.74, 6) is -6.04. The molecule has 0 unspecified atom stereocenters. The number of phenols is 1. The van der Waals surface area contributed by atoms with Crippen LogP contribution in [0, 0.1) is 11.8 Å². The first kappa shape index (κ1) is 48.9. The molecule has 6 amide bonds. The highest BCUT2D eigenvalue weighted by Crippen LogP contribution is 2.17. The molecule has 1 aromatic rings. The lowest BCUT2D eigenvalue weighted by molar-refractivity contribution is -0.156. The lowest BCUT2D eigenvalue weighted by atomic mass is 9.99. The van der Waals surface area contributed by atoms with Crippen LogP contribution in [0.1, 0.15) is 78.7 Å². The number of rotatable bonds is 20. The first-order chi connectivity index (χ1) is 27.5. The molecule has 0 spiro atoms. The molecule has 322 valence electrons. The van der Waals surface area contributed by atoms with Crippen molar-refractivity contribution < 1.29 is 53.6 Å². The second kappa shape index (κ2) is 25.2. The number of aromatic hydroxyl groups is 1. The number of ether oxygens (including phenoxy) is 1. The van der Waals surface area contributed by atoms with Crippen LogP contribution in [0.5, 0.6) is 5.75 Å². The van der Waals surface area contributed by atoms with Gasteiger partial charge in [0.25, 0.3) is 0 Å². The minimum Gasteiger partial charge on any atom is -0.508 e. The quantitative estimate of drug-likeness (QED) is 0.0512. The molecule has 1 aliphatic heterocycles. The summed E-state index contributed by atoms with van der Waals surface area (Å²) in [6, 6.07) is -1.43. The van der Waals surface area contributed by atoms with E-state index in [2.05, 4.69) is 33.5 Å². The van der Waals surface area contributed by atoms with Crippen molar-refractivity contribution in [1.29, 1.82) is 0 Å². The Morgan fingerprint density at radius 2 is 1.53 bits per heavy atom. The minimum atomic E-state index is -1.57. The summed E-state index contributed by atoms with van der Waals surface area (Å²) < 4.78 is 5.61. The van der Waals surface area contributed by atoms with Crippen LogP contribution in [0.25, 0.3) is 0 Å². The summed E-state index contributed by atoms with van der Waals surface area (Å²) in [7, 11) is 1.42. The first-order valence-corrected chi connectivity index (χ1v) is 19.8. The molecule has 1 heterocycles. The summed E-state index contributed by atoms with van der Waals surface area (Å²) in [6.07, 6.45) is 11.0. The largest absolute Gasteiger partial charge is 0.508 e. The van der Waals surface area contributed by atoms with E-state index in [1.807, 2.05) is 6.08 Å². The van der Waals surface area contributed by atoms with Crippen LogP contribution >= 0.6 is 0 Å². The lowest BCUT2D eigenvalue weighted by Crippen LogP contribution is -2.60. The maximum Gasteiger partial charge on any atom is 0.329 e. The maximum absolute atomic E-state index is 13.7. The predicted octanol–water partition coefficient (Wildman–Crippen LogP) is 0.512. The fraction of sp³-hybridized carbons (Fsp3) is 0.585. The van der Waals surface area contributed by atoms with Gasteiger partial charge in [-0.2, -0.15) is 0 Å². The number of aliphatic hydroxyl groups excluding tert-OH is 2. The third-order valence-corrected chi connectivity index (χ3v) is 9.49. The molecular formula is C41H62N6O11. The number of nitrogens with zero attached hydrogens (tertiary/aromatic N) is 1. The molecule has 0 bridgehead atoms. The van der Waals surface area contributed by atoms with Crippen LogP contribution in [-0.4, -0.2) is 125 Å². The van der Waals surface area contributed by atoms with Gasteiger partial charge in [-0.05, 0) is 42.4 Å². The van der Waals surface area contributed by atoms with E-state index in [1.54, 1.807) is 45.9 Å². The Labute approximate surface area is 340 Å². The van der Waals surface area contributed by atoms with Crippen molar-refractivity contribution >= 4 is 41.4 Å². The molecule has 17 heteroatoms. The highest BCUT2D eigenvalue weighted by molar-refractivity contribution is 5.96. The number of carbonyl (C=O) groups is 7. The van der Waals surface area contributed by atoms with Gasteiger partial charge in [0.05, 0.1) is 19.3 Å². The number of hydrogen-bond donors (Lipinski definition) is 8. The Morgan fingerprint density at radius 1 is 0.897 bits per heavy atom. The fourth-order valence-electron chi connectivity index (χ4n) is 5.91. The topological polar surface area (TPSA) is 253 Å². The summed E-state index contributed by atoms with van der Waals surface area (Å²) in [5.41, 5.74) is 0.613. The molecule has 1 aromatic carbocycles. The van der Waals surface area contributed by atoms with Crippen molar-refractivity contribution in [1.82, 2.24) is 31.5 Å². The molecule has 2 rings (SSSR count). The van der Waals surface area contributed by atoms with E-state index in [0.717, 1.165) is 38.2 Å². The molecule has 6 atom stereocenters. The number of carbonyl (C=O) groups excluding carboxylic acids is 7. The molecule has 0 radical (unpaired) electrons. The summed E-state index contributed by atoms with van der Waals surface area (Å²) in [4.78, 5) is 93.7. The number of unbranched alkanes of at least 4 members (excludes halogenated alkanes) is 4. The van der Waals surface area contributed by atoms with Crippen LogP contribution in [0.15, 0.2) is 48.6 Å². The van der Waals surface area contributed by atoms with Gasteiger partial charge in [-0.25, -0.2) is 4.79 Å². The van der Waals surface area contributed by atoms with Gasteiger partial charge in [0.2, 0.25) is 35.4 Å². The monoisotopic (exact) mass is 814 g/mol. The fourth-order valence-corrected chi connectivity index (χ4v) is 5.91. The molecule has 0 aliphatic carbocycles. The van der Waals surface area contributed by atoms with Crippen molar-refractivity contribution in [3.05, 3.63) is 54.1 Å². The highest BCUT2D eigenvalue weighted by Gasteiger charge is 2.36. The van der Waals surface area contributed by atoms with Crippen molar-refractivity contribution in [2.45, 2.75) is 116 Å². The highest BCUT2D eigenvalue weighted by atomic mass is 16.5. The molecule has 17 nitrogen and oxygen atoms in total. The minimum absolute atomic E-state index is 0.0119. The van der Waals surface area contributed by atoms with Gasteiger partial charge >= 0.3 is 5.97 Å². The number of hydrogen-bond acceptors (Lipinski definition) is 11. The Bertz CT molecular complexity index is 1600. The number of benzene rings is 1. The molecular weight excluding hydrogens is 752 g/mol. The average Bonchev–Trinajstić information content (AvgIpc) is 3.18. The normalized spacial score (nSPS) is 19.9. The third kappa shape index (κ3) is 16.3. The van der Waals surface area contributed by atoms with Gasteiger partial charge in [-0.1, -0.05) is 84.2 Å². The zero-order valence-electron chi connectivity index (χ0n) is 34.4. The second-order valence-electron chi connectivity index (χ2n) is 15.0. The van der Waals surface area contributed by atoms with E-state index >= 15 is 0 Å². The van der Waals surface area contributed by atoms with Crippen LogP contribution in [0.2, 0.25) is 0 Å². The number of esters is 1. The number of amides is 6. The maximum atomic E-state index is 13.7. The van der Waals surface area contributed by atoms with E-state index < -0.39 is 103 Å². The number of aliphatic hydroxyl groups is 2. The van der Waals surface area contributed by atoms with Gasteiger partial charge < -0.3 is 51.5 Å². The van der Waals surface area contributed by atoms with Crippen molar-refractivity contribution in [2.24, 2.45) is 11.8 Å². The van der Waals surface area contributed by atoms with Gasteiger partial charge in [-0.15, -0.1) is 0 Å². The Balaban J connectivity index is 2.18. The average molecular weight is 815 g/mol. The van der Waals surface area contributed by atoms with Crippen molar-refractivity contribution in [3.63, 3.8) is 0 Å². The zero-order chi connectivity index (χ0) is 43.4. The molecule has 0 saturated heterocycles. The lowest BCUT2D eigenvalue weighted by Gasteiger charge is -2.32. The standard InChI is InChI=1S/C41H62N6O11/c1-7-8-9-10-11-12-13-14-33(51)43-30(22-48)37(53)44-31(23-49)38(54)46-35(25(2)3)39(55)42-28-17-20-34(52)45-36(26(4)5)40(56)47(6)32(41(57)58-24-28)21-27-15-18-29(50)19-16-27/h12-13,15-20,25-26,28,30-32,35-36,48-50H,7-11,14,21-24H2,1-6H3,(H,42,55)(H,43,51)(H,44,53)(H,45,52)(H,46,54)/b13-12-,20-17+/t28-,30+,31+,32+,35+,36+/m1/s1. The number of nitrogens with one attached hydrogen (secondary N) is 5. The Morgan fingerprint density at radius 3 is 2.14 bits per heavy atom. The molecule has 8 N–H and O–H groups in total. The van der Waals surface area contributed by atoms with Crippen LogP contribution in [-0.2, 0) is 44.7 Å². The molecule has 1 aliphatic rings. The number of likely N-dealkylation sites (N-methyl/N-ethyl adjacent to an activating group) is 1. The van der Waals surface area contributed by atoms with Crippen molar-refractivity contribution in [3.8, 4) is 5.75 Å². The molecule has 0 fully saturated rings. The van der Waals surface area contributed by atoms with Gasteiger partial charge in [-0.3, -0.25) is 28.8 Å². The zero-order valence-corrected chi connectivity index (χ0v) is 34.4. The van der Waals surface area contributed by atoms with Gasteiger partial charge in [0.15, 0.2) is 0 Å². The second-order valence-corrected chi connectivity index (χ2v) is 15.0. The van der Waals surface area contributed by atoms with Gasteiger partial charge in [0, 0.05) is 26.0 Å². The first-order valence-electron chi connectivity index (χ1n) is 19.8. The SMILES string of the molecule is CCCCCC/C=C\CC(=O)N[C@@H](CO)C(=O)N[C@@H](CO)C(=O)N[C@H](C(=O)N[C@@H]1/C=C/C(=O)N[C@@H](C(C)C)C(=O)N(C)[C@@H](Cc2ccc(O)cc2)C(=O)OC1)C(C)C. The summed E-state index contributed by atoms with van der Waals surface area (Å²) in [6.45, 7) is 6.71. The summed E-state index contributed by atoms with van der Waals surface area (Å²) >= 11 is 0. The van der Waals surface area contributed by atoms with E-state index in [-0.39, 0.29) is 24.5 Å². The van der Waals surface area contributed by atoms with Crippen LogP contribution < -0.4 is 26.6 Å². The van der Waals surface area contributed by atoms with Crippen LogP contribution in [0.3, 0.4) is 0 Å². The Kier molecular flexibility index (Phi) is 21.2. The smallest absolute Gasteiger partial charge is 0.329 e. The van der Waals surface area contributed by atoms with E-state index in [9.17, 15) is 48.9 Å². The van der Waals surface area contributed by atoms with Crippen molar-refractivity contribution in [2.75, 3.05) is 26.9 Å². The van der Waals surface area contributed by atoms with E-state index in [4.69, 9.17) is 4.74 Å². The third-order valence-electron chi connectivity index (χ3n) is 9.49. The number of phenolic OH excluding ortho intramolecular Hbond substituents is 1. The predicted molar refractivity (Wildman–Crippen MR) is 214 cm³/mol.